The number of aromatic nitrogens is 2. The van der Waals surface area contributed by atoms with Crippen molar-refractivity contribution in [1.29, 1.82) is 0 Å². The fourth-order valence-electron chi connectivity index (χ4n) is 1.78. The normalized spacial score (nSPS) is 19.4. The van der Waals surface area contributed by atoms with Crippen LogP contribution in [0.5, 0.6) is 0 Å². The van der Waals surface area contributed by atoms with Crippen molar-refractivity contribution in [3.05, 3.63) is 37.6 Å². The number of rotatable bonds is 12. The summed E-state index contributed by atoms with van der Waals surface area (Å²) in [5.74, 6) is -1.30. The van der Waals surface area contributed by atoms with Gasteiger partial charge < -0.3 is 29.4 Å². The summed E-state index contributed by atoms with van der Waals surface area (Å²) in [5.41, 5.74) is 4.31. The van der Waals surface area contributed by atoms with Crippen LogP contribution in [-0.4, -0.2) is 52.7 Å². The van der Waals surface area contributed by atoms with Gasteiger partial charge in [0.25, 0.3) is 6.48 Å². The van der Waals surface area contributed by atoms with Crippen molar-refractivity contribution in [3.8, 4) is 0 Å². The summed E-state index contributed by atoms with van der Waals surface area (Å²) in [6.45, 7) is -3.91. The van der Waals surface area contributed by atoms with Crippen LogP contribution in [0, 0.1) is 10.5 Å². The Bertz CT molecular complexity index is 1180. The number of hydrogen-bond acceptors (Lipinski definition) is 11. The molecule has 0 bridgehead atoms. The molecule has 2 unspecified atom stereocenters. The lowest BCUT2D eigenvalue weighted by molar-refractivity contribution is -0.230. The van der Waals surface area contributed by atoms with Gasteiger partial charge in [-0.3, -0.25) is 9.51 Å². The number of alkyl halides is 1. The van der Waals surface area contributed by atoms with E-state index in [9.17, 15) is 37.3 Å². The minimum Gasteiger partial charge on any atom is -0.390 e. The highest BCUT2D eigenvalue weighted by atomic mass is 32.1. The fraction of sp³-hybridized carbons (Fsp3) is 0.556. The fourth-order valence-corrected chi connectivity index (χ4v) is 4.96. The summed E-state index contributed by atoms with van der Waals surface area (Å²) >= 11 is 4.43. The van der Waals surface area contributed by atoms with Gasteiger partial charge in [-0.25, -0.2) is 27.4 Å². The number of aromatic amines is 1. The molecule has 0 amide bonds. The smallest absolute Gasteiger partial charge is 0.390 e. The van der Waals surface area contributed by atoms with Gasteiger partial charge in [-0.05, 0) is 12.5 Å². The van der Waals surface area contributed by atoms with Crippen LogP contribution in [0.15, 0.2) is 16.1 Å². The number of ether oxygens (including phenoxy) is 1. The predicted octanol–water partition coefficient (Wildman–Crippen LogP) is 1.22. The number of hydrogen-bond donors (Lipinski definition) is 6. The zero-order valence-electron chi connectivity index (χ0n) is 15.7. The molecule has 188 valence electrons. The summed E-state index contributed by atoms with van der Waals surface area (Å²) in [6, 6.07) is 0. The molecule has 1 rings (SSSR count). The van der Waals surface area contributed by atoms with Crippen molar-refractivity contribution in [3.63, 3.8) is 0 Å². The van der Waals surface area contributed by atoms with E-state index in [2.05, 4.69) is 40.1 Å². The van der Waals surface area contributed by atoms with Crippen molar-refractivity contribution < 1.29 is 65.0 Å². The predicted molar refractivity (Wildman–Crippen MR) is 100 cm³/mol. The lowest BCUT2D eigenvalue weighted by Crippen LogP contribution is -2.47. The van der Waals surface area contributed by atoms with Gasteiger partial charge in [-0.2, -0.15) is 13.0 Å². The largest absolute Gasteiger partial charge is 0.490 e. The second-order valence-corrected chi connectivity index (χ2v) is 10.5. The average Bonchev–Trinajstić information content (AvgIpc) is 2.59. The summed E-state index contributed by atoms with van der Waals surface area (Å²) in [4.78, 5) is 51.2. The second-order valence-electron chi connectivity index (χ2n) is 5.63. The van der Waals surface area contributed by atoms with Crippen LogP contribution in [0.2, 0.25) is 0 Å². The lowest BCUT2D eigenvalue weighted by atomic mass is 10.1. The van der Waals surface area contributed by atoms with Gasteiger partial charge in [0.1, 0.15) is 4.64 Å². The molecule has 0 radical (unpaired) electrons. The Labute approximate surface area is 185 Å². The molecule has 0 aromatic carbocycles. The van der Waals surface area contributed by atoms with Gasteiger partial charge in [0, 0.05) is 4.91 Å². The summed E-state index contributed by atoms with van der Waals surface area (Å²) in [6.07, 6.45) is -1.88. The number of nitrogens with one attached hydrogen (secondary N) is 1. The second kappa shape index (κ2) is 10.9. The van der Waals surface area contributed by atoms with Gasteiger partial charge in [0.15, 0.2) is 5.82 Å². The van der Waals surface area contributed by atoms with Crippen molar-refractivity contribution in [2.75, 3.05) is 6.61 Å². The van der Waals surface area contributed by atoms with E-state index in [1.54, 1.807) is 4.98 Å². The van der Waals surface area contributed by atoms with E-state index in [0.29, 0.717) is 0 Å². The molecule has 0 spiro atoms. The van der Waals surface area contributed by atoms with E-state index >= 15 is 0 Å². The molecule has 0 aliphatic heterocycles. The number of halogens is 2. The first-order valence-electron chi connectivity index (χ1n) is 7.68. The van der Waals surface area contributed by atoms with Gasteiger partial charge in [-0.15, -0.1) is 0 Å². The Morgan fingerprint density at radius 1 is 1.30 bits per heavy atom. The van der Waals surface area contributed by atoms with E-state index in [4.69, 9.17) is 20.2 Å². The Morgan fingerprint density at radius 2 is 1.88 bits per heavy atom. The highest BCUT2D eigenvalue weighted by Crippen LogP contribution is 2.66. The molecule has 1 aromatic heterocycles. The molecule has 6 N–H and O–H groups in total. The number of H-pyrrole nitrogens is 1. The standard InChI is InChI=1S/C9H14F2N5O13P3S/c1-4(17)9(14-15-12,27-7(11)16-2-5(10)6(33)13-8(16)18)3-26-31(22,23)29-32(24,25)28-30(19,20)21/h2,4,7,17H,3H2,1H3,(H,22,23)(H,24,25)(H,13,18,33)(H2,19,20,21)/t4-,7-,9-/m1/s1. The van der Waals surface area contributed by atoms with Crippen LogP contribution in [0.1, 0.15) is 13.4 Å². The number of phosphoric acid groups is 3. The molecule has 33 heavy (non-hydrogen) atoms. The van der Waals surface area contributed by atoms with Crippen molar-refractivity contribution in [1.82, 2.24) is 9.55 Å². The van der Waals surface area contributed by atoms with Gasteiger partial charge in [0.2, 0.25) is 5.72 Å². The van der Waals surface area contributed by atoms with Crippen LogP contribution in [-0.2, 0) is 31.6 Å². The summed E-state index contributed by atoms with van der Waals surface area (Å²) < 4.78 is 76.8. The van der Waals surface area contributed by atoms with Crippen LogP contribution >= 0.6 is 35.7 Å². The number of phosphoric ester groups is 1. The maximum absolute atomic E-state index is 14.6. The summed E-state index contributed by atoms with van der Waals surface area (Å²) in [5, 5.41) is 12.8. The van der Waals surface area contributed by atoms with Crippen LogP contribution < -0.4 is 5.69 Å². The number of azide groups is 1. The molecule has 0 saturated carbocycles. The molecule has 0 saturated heterocycles. The third-order valence-electron chi connectivity index (χ3n) is 3.16. The van der Waals surface area contributed by atoms with Crippen LogP contribution in [0.3, 0.4) is 0 Å². The number of nitrogens with zero attached hydrogens (tertiary/aromatic N) is 4. The van der Waals surface area contributed by atoms with E-state index < -0.39 is 64.5 Å². The quantitative estimate of drug-likeness (QED) is 0.0686. The molecule has 5 atom stereocenters. The Kier molecular flexibility index (Phi) is 9.79. The molecule has 18 nitrogen and oxygen atoms in total. The maximum Gasteiger partial charge on any atom is 0.490 e. The summed E-state index contributed by atoms with van der Waals surface area (Å²) in [7, 11) is -17.5. The van der Waals surface area contributed by atoms with Crippen LogP contribution in [0.25, 0.3) is 10.4 Å². The number of aliphatic hydroxyl groups excluding tert-OH is 1. The molecule has 0 aliphatic rings. The lowest BCUT2D eigenvalue weighted by Gasteiger charge is -2.33. The maximum atomic E-state index is 14.6. The minimum absolute atomic E-state index is 0.0972. The van der Waals surface area contributed by atoms with E-state index in [1.165, 1.54) is 0 Å². The first kappa shape index (κ1) is 29.6. The monoisotopic (exact) mass is 563 g/mol. The van der Waals surface area contributed by atoms with E-state index in [1.807, 2.05) is 0 Å². The highest BCUT2D eigenvalue weighted by molar-refractivity contribution is 7.71. The van der Waals surface area contributed by atoms with Crippen LogP contribution in [0.4, 0.5) is 8.78 Å². The Morgan fingerprint density at radius 3 is 2.36 bits per heavy atom. The highest BCUT2D eigenvalue weighted by Gasteiger charge is 2.45. The number of aliphatic hydroxyl groups is 1. The van der Waals surface area contributed by atoms with E-state index in [0.717, 1.165) is 6.92 Å². The van der Waals surface area contributed by atoms with Crippen molar-refractivity contribution >= 4 is 35.7 Å². The molecule has 24 heteroatoms. The Balaban J connectivity index is 3.22. The average molecular weight is 563 g/mol. The van der Waals surface area contributed by atoms with Crippen molar-refractivity contribution in [2.45, 2.75) is 25.2 Å². The molecule has 0 fully saturated rings. The third-order valence-corrected chi connectivity index (χ3v) is 7.24. The van der Waals surface area contributed by atoms with Gasteiger partial charge in [-0.1, -0.05) is 17.3 Å². The molecule has 1 heterocycles. The SMILES string of the molecule is C[C@@H](O)[C@](COP(=O)(O)OP(=O)(O)OP(=O)(O)O)(N=[N+]=[N-])O[C@H](F)n1cc(F)c(=S)[nH]c1=O. The zero-order valence-corrected chi connectivity index (χ0v) is 19.2. The third kappa shape index (κ3) is 9.05. The first-order valence-corrected chi connectivity index (χ1v) is 12.6. The van der Waals surface area contributed by atoms with Gasteiger partial charge >= 0.3 is 29.2 Å². The van der Waals surface area contributed by atoms with Gasteiger partial charge in [0.05, 0.1) is 18.9 Å². The molecular formula is C9H14F2N5O13P3S. The Hall–Kier alpha value is -1.40. The molecular weight excluding hydrogens is 549 g/mol. The minimum atomic E-state index is -5.93. The molecule has 0 aliphatic carbocycles. The first-order chi connectivity index (χ1) is 14.8. The van der Waals surface area contributed by atoms with E-state index in [-0.39, 0.29) is 10.8 Å². The molecule has 1 aromatic rings. The topological polar surface area (TPSA) is 276 Å². The zero-order chi connectivity index (χ0) is 25.8. The van der Waals surface area contributed by atoms with Crippen molar-refractivity contribution in [2.24, 2.45) is 5.11 Å².